The van der Waals surface area contributed by atoms with Crippen molar-refractivity contribution < 1.29 is 4.79 Å². The Bertz CT molecular complexity index is 623. The highest BCUT2D eigenvalue weighted by Gasteiger charge is 2.23. The Morgan fingerprint density at radius 2 is 2.43 bits per heavy atom. The summed E-state index contributed by atoms with van der Waals surface area (Å²) in [5.74, 6) is 0.737. The summed E-state index contributed by atoms with van der Waals surface area (Å²) in [5, 5.41) is 12.3. The molecule has 0 radical (unpaired) electrons. The Hall–Kier alpha value is -1.93. The summed E-state index contributed by atoms with van der Waals surface area (Å²) in [4.78, 5) is 18.4. The zero-order valence-electron chi connectivity index (χ0n) is 12.0. The first kappa shape index (κ1) is 14.0. The maximum atomic E-state index is 12.1. The molecule has 1 unspecified atom stereocenters. The van der Waals surface area contributed by atoms with E-state index in [-0.39, 0.29) is 5.91 Å². The molecule has 0 aliphatic carbocycles. The van der Waals surface area contributed by atoms with E-state index in [1.807, 2.05) is 7.05 Å². The van der Waals surface area contributed by atoms with Crippen molar-refractivity contribution in [1.29, 1.82) is 0 Å². The summed E-state index contributed by atoms with van der Waals surface area (Å²) in [6.07, 6.45) is 1.69. The molecule has 0 saturated carbocycles. The molecule has 112 valence electrons. The highest BCUT2D eigenvalue weighted by Crippen LogP contribution is 2.26. The van der Waals surface area contributed by atoms with Crippen LogP contribution in [0.25, 0.3) is 0 Å². The Labute approximate surface area is 127 Å². The molecule has 21 heavy (non-hydrogen) atoms. The molecule has 1 fully saturated rings. The molecule has 7 nitrogen and oxygen atoms in total. The lowest BCUT2D eigenvalue weighted by Crippen LogP contribution is -2.50. The quantitative estimate of drug-likeness (QED) is 0.882. The molecule has 1 aliphatic rings. The minimum Gasteiger partial charge on any atom is -0.352 e. The SMILES string of the molecule is CC1CN(c2c(NC(=O)c3cscn3)cnn2C)CCN1. The van der Waals surface area contributed by atoms with Gasteiger partial charge >= 0.3 is 0 Å². The summed E-state index contributed by atoms with van der Waals surface area (Å²) < 4.78 is 1.80. The van der Waals surface area contributed by atoms with E-state index in [2.05, 4.69) is 32.5 Å². The number of nitrogens with zero attached hydrogens (tertiary/aromatic N) is 4. The normalized spacial score (nSPS) is 18.8. The number of amides is 1. The molecule has 0 spiro atoms. The van der Waals surface area contributed by atoms with Gasteiger partial charge in [0.2, 0.25) is 0 Å². The fraction of sp³-hybridized carbons (Fsp3) is 0.462. The Morgan fingerprint density at radius 3 is 3.14 bits per heavy atom. The van der Waals surface area contributed by atoms with Gasteiger partial charge in [0.25, 0.3) is 5.91 Å². The predicted molar refractivity (Wildman–Crippen MR) is 83.0 cm³/mol. The number of hydrogen-bond donors (Lipinski definition) is 2. The molecular weight excluding hydrogens is 288 g/mol. The zero-order valence-corrected chi connectivity index (χ0v) is 12.9. The summed E-state index contributed by atoms with van der Waals surface area (Å²) in [6.45, 7) is 4.85. The Balaban J connectivity index is 1.81. The second-order valence-electron chi connectivity index (χ2n) is 5.13. The van der Waals surface area contributed by atoms with Crippen molar-refractivity contribution in [1.82, 2.24) is 20.1 Å². The number of piperazine rings is 1. The summed E-state index contributed by atoms with van der Waals surface area (Å²) >= 11 is 1.40. The summed E-state index contributed by atoms with van der Waals surface area (Å²) in [7, 11) is 1.89. The molecule has 2 aromatic heterocycles. The standard InChI is InChI=1S/C13H18N6OS/c1-9-6-19(4-3-14-9)13-10(5-16-18(13)2)17-12(20)11-7-21-8-15-11/h5,7-9,14H,3-4,6H2,1-2H3,(H,17,20). The van der Waals surface area contributed by atoms with Gasteiger partial charge in [0.1, 0.15) is 11.4 Å². The van der Waals surface area contributed by atoms with Crippen LogP contribution in [0.15, 0.2) is 17.1 Å². The number of hydrogen-bond acceptors (Lipinski definition) is 6. The molecule has 0 aromatic carbocycles. The van der Waals surface area contributed by atoms with Crippen molar-refractivity contribution in [3.05, 3.63) is 22.8 Å². The smallest absolute Gasteiger partial charge is 0.275 e. The maximum Gasteiger partial charge on any atom is 0.275 e. The zero-order chi connectivity index (χ0) is 14.8. The maximum absolute atomic E-state index is 12.1. The number of rotatable bonds is 3. The summed E-state index contributed by atoms with van der Waals surface area (Å²) in [6, 6.07) is 0.413. The van der Waals surface area contributed by atoms with Gasteiger partial charge in [-0.25, -0.2) is 4.98 Å². The predicted octanol–water partition coefficient (Wildman–Crippen LogP) is 0.927. The van der Waals surface area contributed by atoms with E-state index < -0.39 is 0 Å². The molecule has 1 amide bonds. The first-order chi connectivity index (χ1) is 10.1. The monoisotopic (exact) mass is 306 g/mol. The highest BCUT2D eigenvalue weighted by atomic mass is 32.1. The van der Waals surface area contributed by atoms with Gasteiger partial charge in [-0.2, -0.15) is 5.10 Å². The topological polar surface area (TPSA) is 75.1 Å². The van der Waals surface area contributed by atoms with Crippen LogP contribution < -0.4 is 15.5 Å². The van der Waals surface area contributed by atoms with Crippen molar-refractivity contribution in [2.24, 2.45) is 7.05 Å². The third-order valence-corrected chi connectivity index (χ3v) is 4.08. The Morgan fingerprint density at radius 1 is 1.57 bits per heavy atom. The van der Waals surface area contributed by atoms with Crippen molar-refractivity contribution in [2.75, 3.05) is 29.9 Å². The van der Waals surface area contributed by atoms with Crippen molar-refractivity contribution >= 4 is 28.7 Å². The number of aromatic nitrogens is 3. The largest absolute Gasteiger partial charge is 0.352 e. The van der Waals surface area contributed by atoms with E-state index >= 15 is 0 Å². The molecule has 2 aromatic rings. The third kappa shape index (κ3) is 2.91. The van der Waals surface area contributed by atoms with E-state index in [0.717, 1.165) is 31.1 Å². The van der Waals surface area contributed by atoms with Gasteiger partial charge in [0.05, 0.1) is 11.7 Å². The average molecular weight is 306 g/mol. The van der Waals surface area contributed by atoms with Crippen molar-refractivity contribution in [3.8, 4) is 0 Å². The van der Waals surface area contributed by atoms with Crippen LogP contribution in [0.3, 0.4) is 0 Å². The van der Waals surface area contributed by atoms with E-state index in [9.17, 15) is 4.79 Å². The second-order valence-corrected chi connectivity index (χ2v) is 5.85. The minimum absolute atomic E-state index is 0.200. The number of anilines is 2. The molecular formula is C13H18N6OS. The lowest BCUT2D eigenvalue weighted by Gasteiger charge is -2.33. The molecule has 1 atom stereocenters. The lowest BCUT2D eigenvalue weighted by molar-refractivity contribution is 0.102. The van der Waals surface area contributed by atoms with Gasteiger partial charge in [-0.1, -0.05) is 0 Å². The first-order valence-corrected chi connectivity index (χ1v) is 7.79. The number of thiazole rings is 1. The van der Waals surface area contributed by atoms with E-state index in [0.29, 0.717) is 11.7 Å². The van der Waals surface area contributed by atoms with Gasteiger partial charge < -0.3 is 15.5 Å². The molecule has 0 bridgehead atoms. The molecule has 3 heterocycles. The van der Waals surface area contributed by atoms with Crippen LogP contribution in [-0.2, 0) is 7.05 Å². The van der Waals surface area contributed by atoms with Gasteiger partial charge in [-0.15, -0.1) is 11.3 Å². The molecule has 8 heteroatoms. The van der Waals surface area contributed by atoms with Crippen LogP contribution in [0.2, 0.25) is 0 Å². The van der Waals surface area contributed by atoms with Gasteiger partial charge in [-0.3, -0.25) is 9.48 Å². The number of carbonyl (C=O) groups excluding carboxylic acids is 1. The average Bonchev–Trinajstić information content (AvgIpc) is 3.09. The van der Waals surface area contributed by atoms with Crippen LogP contribution in [0.5, 0.6) is 0 Å². The molecule has 1 saturated heterocycles. The van der Waals surface area contributed by atoms with Crippen LogP contribution >= 0.6 is 11.3 Å². The molecule has 2 N–H and O–H groups in total. The van der Waals surface area contributed by atoms with Crippen molar-refractivity contribution in [3.63, 3.8) is 0 Å². The Kier molecular flexibility index (Phi) is 3.89. The fourth-order valence-corrected chi connectivity index (χ4v) is 3.06. The van der Waals surface area contributed by atoms with E-state index in [4.69, 9.17) is 0 Å². The highest BCUT2D eigenvalue weighted by molar-refractivity contribution is 7.07. The molecule has 3 rings (SSSR count). The van der Waals surface area contributed by atoms with E-state index in [1.165, 1.54) is 11.3 Å². The van der Waals surface area contributed by atoms with Gasteiger partial charge in [0, 0.05) is 38.1 Å². The number of aryl methyl sites for hydroxylation is 1. The van der Waals surface area contributed by atoms with E-state index in [1.54, 1.807) is 21.8 Å². The molecule has 1 aliphatic heterocycles. The van der Waals surface area contributed by atoms with Crippen LogP contribution in [0.1, 0.15) is 17.4 Å². The van der Waals surface area contributed by atoms with Crippen LogP contribution in [0, 0.1) is 0 Å². The van der Waals surface area contributed by atoms with Crippen molar-refractivity contribution in [2.45, 2.75) is 13.0 Å². The van der Waals surface area contributed by atoms with Crippen LogP contribution in [0.4, 0.5) is 11.5 Å². The van der Waals surface area contributed by atoms with Crippen LogP contribution in [-0.4, -0.2) is 46.3 Å². The number of carbonyl (C=O) groups is 1. The summed E-state index contributed by atoms with van der Waals surface area (Å²) in [5.41, 5.74) is 2.81. The van der Waals surface area contributed by atoms with Gasteiger partial charge in [0.15, 0.2) is 5.82 Å². The fourth-order valence-electron chi connectivity index (χ4n) is 2.53. The lowest BCUT2D eigenvalue weighted by atomic mass is 10.2. The minimum atomic E-state index is -0.200. The number of nitrogens with one attached hydrogen (secondary N) is 2. The third-order valence-electron chi connectivity index (χ3n) is 3.49. The van der Waals surface area contributed by atoms with Gasteiger partial charge in [-0.05, 0) is 6.92 Å². The first-order valence-electron chi connectivity index (χ1n) is 6.85. The second kappa shape index (κ2) is 5.82.